The molecule has 2 aromatic rings. The van der Waals surface area contributed by atoms with E-state index in [0.717, 1.165) is 16.1 Å². The molecule has 3 rings (SSSR count). The van der Waals surface area contributed by atoms with Crippen LogP contribution in [0.25, 0.3) is 0 Å². The van der Waals surface area contributed by atoms with Gasteiger partial charge in [0.05, 0.1) is 29.6 Å². The summed E-state index contributed by atoms with van der Waals surface area (Å²) >= 11 is 1.45. The topological polar surface area (TPSA) is 42.4 Å². The fourth-order valence-electron chi connectivity index (χ4n) is 3.34. The molecule has 0 N–H and O–H groups in total. The van der Waals surface area contributed by atoms with E-state index >= 15 is 0 Å². The Bertz CT molecular complexity index is 764. The van der Waals surface area contributed by atoms with Gasteiger partial charge < -0.3 is 4.74 Å². The van der Waals surface area contributed by atoms with Crippen molar-refractivity contribution in [3.05, 3.63) is 52.0 Å². The Morgan fingerprint density at radius 3 is 2.67 bits per heavy atom. The third kappa shape index (κ3) is 5.07. The minimum atomic E-state index is -4.43. The van der Waals surface area contributed by atoms with Gasteiger partial charge in [-0.15, -0.1) is 11.3 Å². The zero-order valence-corrected chi connectivity index (χ0v) is 15.7. The van der Waals surface area contributed by atoms with E-state index in [1.165, 1.54) is 11.3 Å². The number of thiazole rings is 1. The van der Waals surface area contributed by atoms with Gasteiger partial charge in [0, 0.05) is 30.9 Å². The monoisotopic (exact) mass is 398 g/mol. The summed E-state index contributed by atoms with van der Waals surface area (Å²) in [4.78, 5) is 19.1. The Morgan fingerprint density at radius 2 is 2.04 bits per heavy atom. The molecule has 2 heterocycles. The van der Waals surface area contributed by atoms with Crippen LogP contribution in [0.15, 0.2) is 35.8 Å². The van der Waals surface area contributed by atoms with Crippen molar-refractivity contribution >= 4 is 17.3 Å². The molecule has 4 nitrogen and oxygen atoms in total. The van der Waals surface area contributed by atoms with Gasteiger partial charge in [-0.2, -0.15) is 13.2 Å². The maximum Gasteiger partial charge on any atom is 0.393 e. The predicted octanol–water partition coefficient (Wildman–Crippen LogP) is 3.85. The smallest absolute Gasteiger partial charge is 0.393 e. The number of halogens is 3. The molecular weight excluding hydrogens is 377 g/mol. The number of aryl methyl sites for hydroxylation is 1. The number of nitrogens with zero attached hydrogens (tertiary/aromatic N) is 2. The van der Waals surface area contributed by atoms with E-state index in [0.29, 0.717) is 13.0 Å². The molecule has 1 aliphatic heterocycles. The minimum absolute atomic E-state index is 0.0531. The van der Waals surface area contributed by atoms with E-state index in [-0.39, 0.29) is 19.7 Å². The van der Waals surface area contributed by atoms with Crippen molar-refractivity contribution in [1.29, 1.82) is 0 Å². The number of rotatable bonds is 6. The maximum atomic E-state index is 13.4. The molecule has 1 aromatic heterocycles. The number of esters is 1. The van der Waals surface area contributed by atoms with Gasteiger partial charge in [-0.3, -0.25) is 9.69 Å². The Kier molecular flexibility index (Phi) is 6.16. The minimum Gasteiger partial charge on any atom is -0.465 e. The van der Waals surface area contributed by atoms with Gasteiger partial charge in [-0.25, -0.2) is 4.98 Å². The number of carbonyl (C=O) groups is 1. The number of alkyl halides is 3. The lowest BCUT2D eigenvalue weighted by Crippen LogP contribution is -2.35. The normalized spacial score (nSPS) is 20.7. The molecule has 27 heavy (non-hydrogen) atoms. The molecule has 0 saturated carbocycles. The van der Waals surface area contributed by atoms with E-state index in [1.54, 1.807) is 10.4 Å². The van der Waals surface area contributed by atoms with Crippen molar-refractivity contribution in [1.82, 2.24) is 9.88 Å². The fraction of sp³-hybridized carbons (Fsp3) is 0.474. The molecule has 0 aliphatic carbocycles. The maximum absolute atomic E-state index is 13.4. The molecule has 1 saturated heterocycles. The van der Waals surface area contributed by atoms with Gasteiger partial charge in [-0.05, 0) is 12.5 Å². The van der Waals surface area contributed by atoms with E-state index in [9.17, 15) is 18.0 Å². The first-order valence-corrected chi connectivity index (χ1v) is 9.61. The number of likely N-dealkylation sites (tertiary alicyclic amines) is 1. The third-order valence-corrected chi connectivity index (χ3v) is 5.78. The molecule has 2 atom stereocenters. The molecule has 1 fully saturated rings. The second-order valence-corrected chi connectivity index (χ2v) is 7.65. The molecule has 1 aliphatic rings. The summed E-state index contributed by atoms with van der Waals surface area (Å²) in [5.41, 5.74) is 3.48. The lowest BCUT2D eigenvalue weighted by Gasteiger charge is -2.20. The van der Waals surface area contributed by atoms with Crippen LogP contribution in [0.4, 0.5) is 13.2 Å². The Balaban J connectivity index is 1.60. The summed E-state index contributed by atoms with van der Waals surface area (Å²) in [6.45, 7) is 2.17. The molecule has 1 aromatic carbocycles. The lowest BCUT2D eigenvalue weighted by atomic mass is 9.96. The highest BCUT2D eigenvalue weighted by Gasteiger charge is 2.52. The largest absolute Gasteiger partial charge is 0.465 e. The molecule has 0 spiro atoms. The number of carbonyl (C=O) groups excluding carboxylic acids is 1. The average molecular weight is 398 g/mol. The van der Waals surface area contributed by atoms with Gasteiger partial charge in [0.25, 0.3) is 0 Å². The number of ether oxygens (including phenoxy) is 1. The number of hydrogen-bond donors (Lipinski definition) is 0. The summed E-state index contributed by atoms with van der Waals surface area (Å²) in [5.74, 6) is -3.65. The van der Waals surface area contributed by atoms with Crippen LogP contribution in [0.2, 0.25) is 0 Å². The second kappa shape index (κ2) is 8.39. The van der Waals surface area contributed by atoms with Crippen LogP contribution in [0.3, 0.4) is 0 Å². The van der Waals surface area contributed by atoms with Crippen molar-refractivity contribution in [2.75, 3.05) is 19.7 Å². The fourth-order valence-corrected chi connectivity index (χ4v) is 4.11. The number of hydrogen-bond acceptors (Lipinski definition) is 5. The molecule has 0 radical (unpaired) electrons. The summed E-state index contributed by atoms with van der Waals surface area (Å²) in [6.07, 6.45) is -3.96. The summed E-state index contributed by atoms with van der Waals surface area (Å²) in [5, 5.41) is 0. The first-order chi connectivity index (χ1) is 12.8. The molecule has 0 amide bonds. The average Bonchev–Trinajstić information content (AvgIpc) is 3.22. The summed E-state index contributed by atoms with van der Waals surface area (Å²) < 4.78 is 45.5. The first kappa shape index (κ1) is 19.8. The van der Waals surface area contributed by atoms with E-state index in [4.69, 9.17) is 4.74 Å². The van der Waals surface area contributed by atoms with E-state index < -0.39 is 24.0 Å². The van der Waals surface area contributed by atoms with Gasteiger partial charge >= 0.3 is 12.1 Å². The van der Waals surface area contributed by atoms with Crippen molar-refractivity contribution in [3.8, 4) is 0 Å². The molecule has 2 unspecified atom stereocenters. The van der Waals surface area contributed by atoms with Crippen molar-refractivity contribution in [2.24, 2.45) is 11.8 Å². The first-order valence-electron chi connectivity index (χ1n) is 8.73. The molecule has 146 valence electrons. The zero-order valence-electron chi connectivity index (χ0n) is 14.9. The van der Waals surface area contributed by atoms with Crippen molar-refractivity contribution in [2.45, 2.75) is 26.1 Å². The molecule has 0 bridgehead atoms. The molecule has 8 heteroatoms. The highest BCUT2D eigenvalue weighted by molar-refractivity contribution is 7.09. The van der Waals surface area contributed by atoms with Gasteiger partial charge in [0.1, 0.15) is 0 Å². The van der Waals surface area contributed by atoms with E-state index in [2.05, 4.69) is 4.98 Å². The number of benzene rings is 1. The Morgan fingerprint density at radius 1 is 1.30 bits per heavy atom. The molecular formula is C19H21F3N2O2S. The number of aromatic nitrogens is 1. The van der Waals surface area contributed by atoms with Crippen LogP contribution in [-0.2, 0) is 22.5 Å². The van der Waals surface area contributed by atoms with Gasteiger partial charge in [0.2, 0.25) is 0 Å². The van der Waals surface area contributed by atoms with Crippen LogP contribution in [0.1, 0.15) is 16.1 Å². The van der Waals surface area contributed by atoms with Crippen LogP contribution in [-0.4, -0.2) is 41.7 Å². The van der Waals surface area contributed by atoms with Crippen LogP contribution >= 0.6 is 11.3 Å². The highest BCUT2D eigenvalue weighted by atomic mass is 32.1. The quantitative estimate of drug-likeness (QED) is 0.694. The Hall–Kier alpha value is -1.93. The summed E-state index contributed by atoms with van der Waals surface area (Å²) in [7, 11) is 0. The van der Waals surface area contributed by atoms with Crippen molar-refractivity contribution < 1.29 is 22.7 Å². The van der Waals surface area contributed by atoms with Crippen molar-refractivity contribution in [3.63, 3.8) is 0 Å². The lowest BCUT2D eigenvalue weighted by molar-refractivity contribution is -0.190. The SMILES string of the molecule is Cc1ncsc1CCOC(=O)C1CN(Cc2ccccc2)CC1C(F)(F)F. The summed E-state index contributed by atoms with van der Waals surface area (Å²) in [6, 6.07) is 9.29. The van der Waals surface area contributed by atoms with Crippen LogP contribution in [0.5, 0.6) is 0 Å². The Labute approximate surface area is 160 Å². The second-order valence-electron chi connectivity index (χ2n) is 6.71. The standard InChI is InChI=1S/C19H21F3N2O2S/c1-13-17(27-12-23-13)7-8-26-18(25)15-10-24(11-16(15)19(20,21)22)9-14-5-3-2-4-6-14/h2-6,12,15-16H,7-11H2,1H3. The van der Waals surface area contributed by atoms with E-state index in [1.807, 2.05) is 37.3 Å². The highest BCUT2D eigenvalue weighted by Crippen LogP contribution is 2.38. The predicted molar refractivity (Wildman–Crippen MR) is 96.3 cm³/mol. The van der Waals surface area contributed by atoms with Crippen LogP contribution in [0, 0.1) is 18.8 Å². The third-order valence-electron chi connectivity index (χ3n) is 4.79. The zero-order chi connectivity index (χ0) is 19.4. The van der Waals surface area contributed by atoms with Crippen LogP contribution < -0.4 is 0 Å². The van der Waals surface area contributed by atoms with Gasteiger partial charge in [0.15, 0.2) is 0 Å². The van der Waals surface area contributed by atoms with Gasteiger partial charge in [-0.1, -0.05) is 30.3 Å².